The van der Waals surface area contributed by atoms with Crippen LogP contribution >= 0.6 is 0 Å². The van der Waals surface area contributed by atoms with Crippen LogP contribution in [0.15, 0.2) is 30.1 Å². The van der Waals surface area contributed by atoms with Gasteiger partial charge < -0.3 is 0 Å². The molecular weight excluding hydrogens is 173 g/mol. The number of hydrogen-bond donors (Lipinski definition) is 0. The molecule has 1 aromatic rings. The van der Waals surface area contributed by atoms with Crippen molar-refractivity contribution in [2.45, 2.75) is 6.92 Å². The monoisotopic (exact) mass is 181 g/mol. The minimum Gasteiger partial charge on any atom is -0.258 e. The first-order chi connectivity index (χ1) is 6.09. The number of halogens is 1. The van der Waals surface area contributed by atoms with Gasteiger partial charge in [-0.15, -0.1) is 0 Å². The average molecular weight is 181 g/mol. The Morgan fingerprint density at radius 2 is 2.31 bits per heavy atom. The molecule has 0 atom stereocenters. The molecule has 0 aromatic heterocycles. The molecule has 0 saturated carbocycles. The maximum atomic E-state index is 12.4. The Labute approximate surface area is 74.7 Å². The summed E-state index contributed by atoms with van der Waals surface area (Å²) in [7, 11) is 0. The van der Waals surface area contributed by atoms with Gasteiger partial charge in [-0.25, -0.2) is 4.39 Å². The highest BCUT2D eigenvalue weighted by Crippen LogP contribution is 2.15. The zero-order valence-corrected chi connectivity index (χ0v) is 7.03. The third-order valence-corrected chi connectivity index (χ3v) is 1.45. The van der Waals surface area contributed by atoms with Crippen LogP contribution in [0, 0.1) is 10.1 Å². The van der Waals surface area contributed by atoms with Crippen molar-refractivity contribution in [3.63, 3.8) is 0 Å². The van der Waals surface area contributed by atoms with E-state index in [1.807, 2.05) is 0 Å². The summed E-state index contributed by atoms with van der Waals surface area (Å²) in [4.78, 5) is 9.82. The molecule has 13 heavy (non-hydrogen) atoms. The van der Waals surface area contributed by atoms with Crippen molar-refractivity contribution in [2.75, 3.05) is 0 Å². The van der Waals surface area contributed by atoms with Gasteiger partial charge in [0.2, 0.25) is 0 Å². The largest absolute Gasteiger partial charge is 0.270 e. The Hall–Kier alpha value is -1.71. The lowest BCUT2D eigenvalue weighted by Crippen LogP contribution is -1.87. The van der Waals surface area contributed by atoms with Crippen molar-refractivity contribution >= 4 is 11.8 Å². The van der Waals surface area contributed by atoms with E-state index in [1.165, 1.54) is 31.2 Å². The Bertz CT molecular complexity index is 356. The molecule has 1 rings (SSSR count). The summed E-state index contributed by atoms with van der Waals surface area (Å²) in [6.45, 7) is 1.29. The standard InChI is InChI=1S/C9H8FNO2/c1-7(10)5-8-3-2-4-9(6-8)11(12)13/h2-6H,1H3/b7-5-. The van der Waals surface area contributed by atoms with Gasteiger partial charge in [0.15, 0.2) is 0 Å². The Morgan fingerprint density at radius 3 is 2.85 bits per heavy atom. The summed E-state index contributed by atoms with van der Waals surface area (Å²) in [6, 6.07) is 5.82. The summed E-state index contributed by atoms with van der Waals surface area (Å²) in [5.41, 5.74) is 0.462. The minimum atomic E-state index is -0.509. The second-order valence-corrected chi connectivity index (χ2v) is 2.58. The van der Waals surface area contributed by atoms with Crippen molar-refractivity contribution < 1.29 is 9.31 Å². The molecule has 0 N–H and O–H groups in total. The van der Waals surface area contributed by atoms with Crippen LogP contribution in [0.5, 0.6) is 0 Å². The van der Waals surface area contributed by atoms with Gasteiger partial charge in [0.25, 0.3) is 5.69 Å². The topological polar surface area (TPSA) is 43.1 Å². The Balaban J connectivity index is 3.06. The van der Waals surface area contributed by atoms with Gasteiger partial charge in [-0.3, -0.25) is 10.1 Å². The number of rotatable bonds is 2. The fourth-order valence-electron chi connectivity index (χ4n) is 0.958. The predicted molar refractivity (Wildman–Crippen MR) is 47.9 cm³/mol. The maximum absolute atomic E-state index is 12.4. The predicted octanol–water partition coefficient (Wildman–Crippen LogP) is 2.93. The fourth-order valence-corrected chi connectivity index (χ4v) is 0.958. The third kappa shape index (κ3) is 2.66. The van der Waals surface area contributed by atoms with Gasteiger partial charge in [-0.1, -0.05) is 12.1 Å². The lowest BCUT2D eigenvalue weighted by Gasteiger charge is -1.93. The molecule has 0 fully saturated rings. The van der Waals surface area contributed by atoms with Crippen molar-refractivity contribution in [2.24, 2.45) is 0 Å². The number of nitrogens with zero attached hydrogens (tertiary/aromatic N) is 1. The van der Waals surface area contributed by atoms with Gasteiger partial charge in [-0.2, -0.15) is 0 Å². The van der Waals surface area contributed by atoms with Gasteiger partial charge in [0.05, 0.1) is 10.8 Å². The van der Waals surface area contributed by atoms with Crippen molar-refractivity contribution in [3.05, 3.63) is 45.8 Å². The summed E-state index contributed by atoms with van der Waals surface area (Å²) in [6.07, 6.45) is 1.24. The van der Waals surface area contributed by atoms with E-state index in [2.05, 4.69) is 0 Å². The molecule has 3 nitrogen and oxygen atoms in total. The molecule has 0 unspecified atom stereocenters. The molecule has 68 valence electrons. The SMILES string of the molecule is C/C(F)=C/c1cccc([N+](=O)[O-])c1. The van der Waals surface area contributed by atoms with Crippen LogP contribution in [0.25, 0.3) is 6.08 Å². The number of benzene rings is 1. The average Bonchev–Trinajstić information content (AvgIpc) is 2.03. The lowest BCUT2D eigenvalue weighted by atomic mass is 10.2. The minimum absolute atomic E-state index is 0.0324. The molecular formula is C9H8FNO2. The van der Waals surface area contributed by atoms with Gasteiger partial charge in [0.1, 0.15) is 0 Å². The fraction of sp³-hybridized carbons (Fsp3) is 0.111. The quantitative estimate of drug-likeness (QED) is 0.520. The molecule has 0 heterocycles. The number of nitro benzene ring substituents is 1. The summed E-state index contributed by atoms with van der Waals surface area (Å²) in [5.74, 6) is -0.375. The normalized spacial score (nSPS) is 11.4. The number of nitro groups is 1. The van der Waals surface area contributed by atoms with E-state index in [1.54, 1.807) is 6.07 Å². The Morgan fingerprint density at radius 1 is 1.62 bits per heavy atom. The molecule has 0 saturated heterocycles. The summed E-state index contributed by atoms with van der Waals surface area (Å²) >= 11 is 0. The van der Waals surface area contributed by atoms with Gasteiger partial charge >= 0.3 is 0 Å². The van der Waals surface area contributed by atoms with Crippen molar-refractivity contribution in [3.8, 4) is 0 Å². The highest BCUT2D eigenvalue weighted by molar-refractivity contribution is 5.54. The van der Waals surface area contributed by atoms with Crippen molar-refractivity contribution in [1.29, 1.82) is 0 Å². The van der Waals surface area contributed by atoms with E-state index in [0.29, 0.717) is 5.56 Å². The molecule has 0 aliphatic heterocycles. The molecule has 0 aliphatic carbocycles. The van der Waals surface area contributed by atoms with Crippen LogP contribution in [0.4, 0.5) is 10.1 Å². The van der Waals surface area contributed by atoms with Crippen LogP contribution in [-0.2, 0) is 0 Å². The van der Waals surface area contributed by atoms with Crippen LogP contribution in [0.2, 0.25) is 0 Å². The lowest BCUT2D eigenvalue weighted by molar-refractivity contribution is -0.384. The second kappa shape index (κ2) is 3.80. The highest BCUT2D eigenvalue weighted by Gasteiger charge is 2.03. The first-order valence-electron chi connectivity index (χ1n) is 3.68. The van der Waals surface area contributed by atoms with Crippen LogP contribution < -0.4 is 0 Å². The van der Waals surface area contributed by atoms with Crippen LogP contribution in [0.3, 0.4) is 0 Å². The molecule has 0 amide bonds. The second-order valence-electron chi connectivity index (χ2n) is 2.58. The van der Waals surface area contributed by atoms with E-state index in [0.717, 1.165) is 0 Å². The molecule has 0 aliphatic rings. The Kier molecular flexibility index (Phi) is 2.74. The van der Waals surface area contributed by atoms with Gasteiger partial charge in [0, 0.05) is 12.1 Å². The molecule has 0 radical (unpaired) electrons. The zero-order valence-electron chi connectivity index (χ0n) is 7.03. The number of allylic oxidation sites excluding steroid dienone is 1. The zero-order chi connectivity index (χ0) is 9.84. The van der Waals surface area contributed by atoms with Crippen molar-refractivity contribution in [1.82, 2.24) is 0 Å². The van der Waals surface area contributed by atoms with E-state index < -0.39 is 4.92 Å². The van der Waals surface area contributed by atoms with E-state index in [9.17, 15) is 14.5 Å². The number of non-ortho nitro benzene ring substituents is 1. The summed E-state index contributed by atoms with van der Waals surface area (Å²) < 4.78 is 12.4. The smallest absolute Gasteiger partial charge is 0.258 e. The number of hydrogen-bond acceptors (Lipinski definition) is 2. The van der Waals surface area contributed by atoms with E-state index in [-0.39, 0.29) is 11.5 Å². The van der Waals surface area contributed by atoms with Crippen LogP contribution in [-0.4, -0.2) is 4.92 Å². The van der Waals surface area contributed by atoms with Crippen LogP contribution in [0.1, 0.15) is 12.5 Å². The third-order valence-electron chi connectivity index (χ3n) is 1.45. The van der Waals surface area contributed by atoms with Gasteiger partial charge in [-0.05, 0) is 18.6 Å². The molecule has 1 aromatic carbocycles. The molecule has 0 spiro atoms. The first kappa shape index (κ1) is 9.38. The molecule has 0 bridgehead atoms. The first-order valence-corrected chi connectivity index (χ1v) is 3.68. The summed E-state index contributed by atoms with van der Waals surface area (Å²) in [5, 5.41) is 10.3. The van der Waals surface area contributed by atoms with E-state index in [4.69, 9.17) is 0 Å². The van der Waals surface area contributed by atoms with E-state index >= 15 is 0 Å². The maximum Gasteiger partial charge on any atom is 0.270 e. The highest BCUT2D eigenvalue weighted by atomic mass is 19.1. The molecule has 4 heteroatoms.